The molecule has 146 valence electrons. The van der Waals surface area contributed by atoms with E-state index in [0.29, 0.717) is 31.1 Å². The van der Waals surface area contributed by atoms with E-state index in [1.165, 1.54) is 16.4 Å². The van der Waals surface area contributed by atoms with Gasteiger partial charge in [0.1, 0.15) is 5.75 Å². The normalized spacial score (nSPS) is 16.2. The molecule has 1 aliphatic heterocycles. The molecule has 1 N–H and O–H groups in total. The molecule has 0 aliphatic carbocycles. The number of aromatic nitrogens is 2. The van der Waals surface area contributed by atoms with Crippen LogP contribution >= 0.6 is 0 Å². The molecule has 1 saturated heterocycles. The molecule has 1 amide bonds. The van der Waals surface area contributed by atoms with Gasteiger partial charge in [-0.1, -0.05) is 5.10 Å². The van der Waals surface area contributed by atoms with E-state index in [9.17, 15) is 13.2 Å². The maximum atomic E-state index is 12.8. The summed E-state index contributed by atoms with van der Waals surface area (Å²) >= 11 is 0. The summed E-state index contributed by atoms with van der Waals surface area (Å²) in [6.45, 7) is 4.56. The highest BCUT2D eigenvalue weighted by Crippen LogP contribution is 2.26. The predicted octanol–water partition coefficient (Wildman–Crippen LogP) is 1.82. The van der Waals surface area contributed by atoms with E-state index in [1.54, 1.807) is 19.1 Å². The van der Waals surface area contributed by atoms with Crippen LogP contribution in [-0.2, 0) is 14.8 Å². The number of sulfonamides is 1. The monoisotopic (exact) mass is 394 g/mol. The predicted molar refractivity (Wildman–Crippen MR) is 96.8 cm³/mol. The van der Waals surface area contributed by atoms with Crippen molar-refractivity contribution < 1.29 is 22.4 Å². The number of nitrogens with one attached hydrogen (secondary N) is 1. The van der Waals surface area contributed by atoms with Crippen molar-refractivity contribution in [2.45, 2.75) is 31.6 Å². The largest absolute Gasteiger partial charge is 0.494 e. The van der Waals surface area contributed by atoms with Crippen molar-refractivity contribution in [1.82, 2.24) is 14.5 Å². The van der Waals surface area contributed by atoms with Crippen LogP contribution in [0.25, 0.3) is 0 Å². The molecular formula is C17H22N4O5S. The minimum Gasteiger partial charge on any atom is -0.494 e. The Morgan fingerprint density at radius 1 is 1.26 bits per heavy atom. The first-order valence-electron chi connectivity index (χ1n) is 8.74. The van der Waals surface area contributed by atoms with Crippen molar-refractivity contribution in [2.24, 2.45) is 5.92 Å². The number of amides is 1. The molecule has 0 radical (unpaired) electrons. The fourth-order valence-corrected chi connectivity index (χ4v) is 4.41. The van der Waals surface area contributed by atoms with Crippen LogP contribution in [0.2, 0.25) is 0 Å². The second kappa shape index (κ2) is 8.05. The SMILES string of the molecule is CCOc1ccc(S(=O)(=O)N2CCC(C(=O)Nc3nnc(C)o3)CC2)cc1. The van der Waals surface area contributed by atoms with Crippen LogP contribution in [0, 0.1) is 12.8 Å². The summed E-state index contributed by atoms with van der Waals surface area (Å²) in [5.74, 6) is 0.449. The summed E-state index contributed by atoms with van der Waals surface area (Å²) in [5, 5.41) is 9.96. The Hall–Kier alpha value is -2.46. The lowest BCUT2D eigenvalue weighted by atomic mass is 9.97. The highest BCUT2D eigenvalue weighted by atomic mass is 32.2. The van der Waals surface area contributed by atoms with E-state index in [1.807, 2.05) is 6.92 Å². The first kappa shape index (κ1) is 19.3. The summed E-state index contributed by atoms with van der Waals surface area (Å²) in [6.07, 6.45) is 0.852. The number of rotatable bonds is 6. The number of piperidine rings is 1. The Labute approximate surface area is 157 Å². The van der Waals surface area contributed by atoms with Crippen molar-refractivity contribution in [3.63, 3.8) is 0 Å². The zero-order valence-electron chi connectivity index (χ0n) is 15.2. The minimum absolute atomic E-state index is 0.0574. The summed E-state index contributed by atoms with van der Waals surface area (Å²) in [5.41, 5.74) is 0. The van der Waals surface area contributed by atoms with Gasteiger partial charge in [0.15, 0.2) is 0 Å². The van der Waals surface area contributed by atoms with Crippen LogP contribution < -0.4 is 10.1 Å². The maximum absolute atomic E-state index is 12.8. The first-order valence-corrected chi connectivity index (χ1v) is 10.2. The summed E-state index contributed by atoms with van der Waals surface area (Å²) in [6, 6.07) is 6.42. The van der Waals surface area contributed by atoms with Crippen LogP contribution in [-0.4, -0.2) is 48.5 Å². The Bertz CT molecular complexity index is 886. The van der Waals surface area contributed by atoms with Gasteiger partial charge in [-0.3, -0.25) is 10.1 Å². The minimum atomic E-state index is -3.59. The molecule has 9 nitrogen and oxygen atoms in total. The van der Waals surface area contributed by atoms with Crippen LogP contribution in [0.4, 0.5) is 6.01 Å². The zero-order valence-corrected chi connectivity index (χ0v) is 16.0. The Kier molecular flexibility index (Phi) is 5.76. The second-order valence-electron chi connectivity index (χ2n) is 6.20. The number of anilines is 1. The summed E-state index contributed by atoms with van der Waals surface area (Å²) in [4.78, 5) is 12.5. The number of hydrogen-bond acceptors (Lipinski definition) is 7. The molecule has 2 aromatic rings. The average molecular weight is 394 g/mol. The van der Waals surface area contributed by atoms with Gasteiger partial charge in [0.2, 0.25) is 21.8 Å². The Morgan fingerprint density at radius 2 is 1.93 bits per heavy atom. The molecule has 0 atom stereocenters. The van der Waals surface area contributed by atoms with E-state index in [2.05, 4.69) is 15.5 Å². The van der Waals surface area contributed by atoms with Crippen LogP contribution in [0.1, 0.15) is 25.7 Å². The van der Waals surface area contributed by atoms with Gasteiger partial charge in [0.25, 0.3) is 0 Å². The van der Waals surface area contributed by atoms with Crippen molar-refractivity contribution in [2.75, 3.05) is 25.0 Å². The number of benzene rings is 1. The molecule has 0 bridgehead atoms. The average Bonchev–Trinajstić information content (AvgIpc) is 3.07. The topological polar surface area (TPSA) is 115 Å². The molecule has 10 heteroatoms. The first-order chi connectivity index (χ1) is 12.9. The number of carbonyl (C=O) groups excluding carboxylic acids is 1. The van der Waals surface area contributed by atoms with Gasteiger partial charge in [0, 0.05) is 25.9 Å². The third-order valence-corrected chi connectivity index (χ3v) is 6.27. The van der Waals surface area contributed by atoms with E-state index in [0.717, 1.165) is 0 Å². The second-order valence-corrected chi connectivity index (χ2v) is 8.14. The standard InChI is InChI=1S/C17H22N4O5S/c1-3-25-14-4-6-15(7-5-14)27(23,24)21-10-8-13(9-11-21)16(22)18-17-20-19-12(2)26-17/h4-7,13H,3,8-11H2,1-2H3,(H,18,20,22). The molecule has 0 saturated carbocycles. The number of nitrogens with zero attached hydrogens (tertiary/aromatic N) is 3. The fourth-order valence-electron chi connectivity index (χ4n) is 2.94. The van der Waals surface area contributed by atoms with E-state index in [-0.39, 0.29) is 35.8 Å². The third-order valence-electron chi connectivity index (χ3n) is 4.35. The Balaban J connectivity index is 1.59. The molecule has 2 heterocycles. The molecular weight excluding hydrogens is 372 g/mol. The third kappa shape index (κ3) is 4.45. The molecule has 27 heavy (non-hydrogen) atoms. The van der Waals surface area contributed by atoms with Gasteiger partial charge < -0.3 is 9.15 Å². The molecule has 0 spiro atoms. The molecule has 3 rings (SSSR count). The highest BCUT2D eigenvalue weighted by molar-refractivity contribution is 7.89. The van der Waals surface area contributed by atoms with E-state index >= 15 is 0 Å². The van der Waals surface area contributed by atoms with Gasteiger partial charge in [-0.2, -0.15) is 4.31 Å². The van der Waals surface area contributed by atoms with Gasteiger partial charge >= 0.3 is 6.01 Å². The smallest absolute Gasteiger partial charge is 0.322 e. The molecule has 1 aromatic carbocycles. The van der Waals surface area contributed by atoms with Gasteiger partial charge in [-0.05, 0) is 44.0 Å². The van der Waals surface area contributed by atoms with Gasteiger partial charge in [-0.15, -0.1) is 5.10 Å². The summed E-state index contributed by atoms with van der Waals surface area (Å²) in [7, 11) is -3.59. The fraction of sp³-hybridized carbons (Fsp3) is 0.471. The molecule has 1 aliphatic rings. The molecule has 1 fully saturated rings. The van der Waals surface area contributed by atoms with Crippen molar-refractivity contribution in [1.29, 1.82) is 0 Å². The molecule has 0 unspecified atom stereocenters. The van der Waals surface area contributed by atoms with E-state index in [4.69, 9.17) is 9.15 Å². The van der Waals surface area contributed by atoms with Crippen LogP contribution in [0.3, 0.4) is 0 Å². The van der Waals surface area contributed by atoms with Gasteiger partial charge in [0.05, 0.1) is 11.5 Å². The highest BCUT2D eigenvalue weighted by Gasteiger charge is 2.32. The molecule has 1 aromatic heterocycles. The van der Waals surface area contributed by atoms with Gasteiger partial charge in [-0.25, -0.2) is 8.42 Å². The zero-order chi connectivity index (χ0) is 19.4. The quantitative estimate of drug-likeness (QED) is 0.794. The lowest BCUT2D eigenvalue weighted by Crippen LogP contribution is -2.41. The summed E-state index contributed by atoms with van der Waals surface area (Å²) < 4.78 is 37.4. The Morgan fingerprint density at radius 3 is 2.48 bits per heavy atom. The number of aryl methyl sites for hydroxylation is 1. The van der Waals surface area contributed by atoms with Crippen molar-refractivity contribution >= 4 is 21.9 Å². The lowest BCUT2D eigenvalue weighted by Gasteiger charge is -2.30. The van der Waals surface area contributed by atoms with Crippen LogP contribution in [0.5, 0.6) is 5.75 Å². The van der Waals surface area contributed by atoms with Crippen molar-refractivity contribution in [3.8, 4) is 5.75 Å². The van der Waals surface area contributed by atoms with Crippen LogP contribution in [0.15, 0.2) is 33.6 Å². The lowest BCUT2D eigenvalue weighted by molar-refractivity contribution is -0.121. The number of hydrogen-bond donors (Lipinski definition) is 1. The van der Waals surface area contributed by atoms with E-state index < -0.39 is 10.0 Å². The maximum Gasteiger partial charge on any atom is 0.322 e. The van der Waals surface area contributed by atoms with Crippen molar-refractivity contribution in [3.05, 3.63) is 30.2 Å². The number of ether oxygens (including phenoxy) is 1. The number of carbonyl (C=O) groups is 1.